The quantitative estimate of drug-likeness (QED) is 0.689. The Morgan fingerprint density at radius 3 is 2.48 bits per heavy atom. The van der Waals surface area contributed by atoms with Crippen LogP contribution in [0.1, 0.15) is 47.5 Å². The van der Waals surface area contributed by atoms with Crippen molar-refractivity contribution in [2.24, 2.45) is 5.92 Å². The number of nitrogens with zero attached hydrogens (tertiary/aromatic N) is 1. The molecule has 2 heterocycles. The molecule has 1 aliphatic carbocycles. The van der Waals surface area contributed by atoms with Crippen molar-refractivity contribution in [2.75, 3.05) is 6.54 Å². The largest absolute Gasteiger partial charge is 0.366 e. The van der Waals surface area contributed by atoms with Crippen LogP contribution in [-0.4, -0.2) is 22.4 Å². The van der Waals surface area contributed by atoms with E-state index in [1.54, 1.807) is 18.6 Å². The maximum atomic E-state index is 12.7. The van der Waals surface area contributed by atoms with E-state index in [1.165, 1.54) is 31.2 Å². The topological polar surface area (TPSA) is 57.8 Å². The van der Waals surface area contributed by atoms with E-state index in [4.69, 9.17) is 0 Å². The van der Waals surface area contributed by atoms with Gasteiger partial charge in [-0.1, -0.05) is 30.3 Å². The molecule has 138 valence electrons. The number of pyridine rings is 1. The Labute approximate surface area is 160 Å². The number of aromatic amines is 1. The van der Waals surface area contributed by atoms with Crippen molar-refractivity contribution in [1.29, 1.82) is 0 Å². The average molecular weight is 359 g/mol. The van der Waals surface area contributed by atoms with Gasteiger partial charge in [-0.3, -0.25) is 9.78 Å². The smallest absolute Gasteiger partial charge is 0.253 e. The number of nitrogens with one attached hydrogen (secondary N) is 2. The summed E-state index contributed by atoms with van der Waals surface area (Å²) in [5.41, 5.74) is 4.07. The summed E-state index contributed by atoms with van der Waals surface area (Å²) >= 11 is 0. The summed E-state index contributed by atoms with van der Waals surface area (Å²) in [6, 6.07) is 14.6. The molecule has 0 saturated heterocycles. The summed E-state index contributed by atoms with van der Waals surface area (Å²) in [7, 11) is 0. The lowest BCUT2D eigenvalue weighted by atomic mass is 9.78. The Balaban J connectivity index is 1.32. The van der Waals surface area contributed by atoms with E-state index in [-0.39, 0.29) is 5.91 Å². The lowest BCUT2D eigenvalue weighted by Gasteiger charge is -2.29. The van der Waals surface area contributed by atoms with Crippen LogP contribution in [-0.2, 0) is 0 Å². The highest BCUT2D eigenvalue weighted by Crippen LogP contribution is 2.35. The van der Waals surface area contributed by atoms with E-state index in [2.05, 4.69) is 45.6 Å². The van der Waals surface area contributed by atoms with Crippen molar-refractivity contribution >= 4 is 5.91 Å². The van der Waals surface area contributed by atoms with Gasteiger partial charge in [0.2, 0.25) is 0 Å². The van der Waals surface area contributed by atoms with Crippen LogP contribution in [0, 0.1) is 5.92 Å². The van der Waals surface area contributed by atoms with Crippen LogP contribution >= 0.6 is 0 Å². The minimum atomic E-state index is -0.00625. The number of H-pyrrole nitrogens is 1. The highest BCUT2D eigenvalue weighted by Gasteiger charge is 2.23. The monoisotopic (exact) mass is 359 g/mol. The summed E-state index contributed by atoms with van der Waals surface area (Å²) in [4.78, 5) is 19.8. The fourth-order valence-corrected chi connectivity index (χ4v) is 4.08. The van der Waals surface area contributed by atoms with Crippen molar-refractivity contribution in [3.05, 3.63) is 78.4 Å². The highest BCUT2D eigenvalue weighted by molar-refractivity contribution is 6.00. The minimum absolute atomic E-state index is 0.00625. The Kier molecular flexibility index (Phi) is 5.33. The van der Waals surface area contributed by atoms with E-state index < -0.39 is 0 Å². The van der Waals surface area contributed by atoms with Crippen molar-refractivity contribution in [1.82, 2.24) is 15.3 Å². The molecule has 4 heteroatoms. The zero-order chi connectivity index (χ0) is 18.5. The van der Waals surface area contributed by atoms with Gasteiger partial charge < -0.3 is 10.3 Å². The maximum Gasteiger partial charge on any atom is 0.253 e. The molecule has 0 atom stereocenters. The van der Waals surface area contributed by atoms with Crippen molar-refractivity contribution in [2.45, 2.75) is 31.6 Å². The number of aromatic nitrogens is 2. The summed E-state index contributed by atoms with van der Waals surface area (Å²) in [5.74, 6) is 1.23. The molecule has 27 heavy (non-hydrogen) atoms. The molecule has 2 N–H and O–H groups in total. The molecule has 1 amide bonds. The summed E-state index contributed by atoms with van der Waals surface area (Å²) in [5, 5.41) is 3.14. The molecule has 1 fully saturated rings. The van der Waals surface area contributed by atoms with Crippen LogP contribution in [0.4, 0.5) is 0 Å². The second-order valence-corrected chi connectivity index (χ2v) is 7.36. The molecular weight excluding hydrogens is 334 g/mol. The van der Waals surface area contributed by atoms with Gasteiger partial charge in [-0.05, 0) is 60.8 Å². The fraction of sp³-hybridized carbons (Fsp3) is 0.304. The number of hydrogen-bond donors (Lipinski definition) is 2. The number of hydrogen-bond acceptors (Lipinski definition) is 2. The molecule has 0 unspecified atom stereocenters. The number of carbonyl (C=O) groups excluding carboxylic acids is 1. The Morgan fingerprint density at radius 2 is 1.74 bits per heavy atom. The van der Waals surface area contributed by atoms with Gasteiger partial charge in [-0.15, -0.1) is 0 Å². The second kappa shape index (κ2) is 8.21. The molecule has 1 saturated carbocycles. The van der Waals surface area contributed by atoms with E-state index in [9.17, 15) is 4.79 Å². The lowest BCUT2D eigenvalue weighted by molar-refractivity contribution is 0.0943. The molecule has 0 spiro atoms. The first-order valence-electron chi connectivity index (χ1n) is 9.71. The average Bonchev–Trinajstić information content (AvgIpc) is 3.24. The van der Waals surface area contributed by atoms with Crippen LogP contribution < -0.4 is 5.32 Å². The van der Waals surface area contributed by atoms with Crippen molar-refractivity contribution in [3.63, 3.8) is 0 Å². The first-order valence-corrected chi connectivity index (χ1v) is 9.71. The second-order valence-electron chi connectivity index (χ2n) is 7.36. The predicted molar refractivity (Wildman–Crippen MR) is 107 cm³/mol. The third kappa shape index (κ3) is 4.11. The van der Waals surface area contributed by atoms with Gasteiger partial charge in [0.15, 0.2) is 0 Å². The Hall–Kier alpha value is -2.88. The van der Waals surface area contributed by atoms with Crippen molar-refractivity contribution in [3.8, 4) is 11.1 Å². The number of rotatable bonds is 5. The summed E-state index contributed by atoms with van der Waals surface area (Å²) in [6.45, 7) is 0.751. The molecule has 4 nitrogen and oxygen atoms in total. The number of carbonyl (C=O) groups is 1. The SMILES string of the molecule is O=C(NCC1CCC(c2ccccc2)CC1)c1c[nH]cc1-c1ccncc1. The lowest BCUT2D eigenvalue weighted by Crippen LogP contribution is -2.31. The van der Waals surface area contributed by atoms with E-state index in [1.807, 2.05) is 18.3 Å². The maximum absolute atomic E-state index is 12.7. The number of benzene rings is 1. The van der Waals surface area contributed by atoms with Crippen molar-refractivity contribution < 1.29 is 4.79 Å². The van der Waals surface area contributed by atoms with E-state index in [0.29, 0.717) is 17.4 Å². The third-order valence-electron chi connectivity index (χ3n) is 5.65. The van der Waals surface area contributed by atoms with Crippen LogP contribution in [0.15, 0.2) is 67.3 Å². The van der Waals surface area contributed by atoms with Gasteiger partial charge in [0.05, 0.1) is 5.56 Å². The molecule has 0 radical (unpaired) electrons. The van der Waals surface area contributed by atoms with Gasteiger partial charge in [-0.2, -0.15) is 0 Å². The molecule has 0 aliphatic heterocycles. The molecule has 0 bridgehead atoms. The zero-order valence-electron chi connectivity index (χ0n) is 15.4. The third-order valence-corrected chi connectivity index (χ3v) is 5.65. The Morgan fingerprint density at radius 1 is 1.00 bits per heavy atom. The molecule has 3 aromatic rings. The van der Waals surface area contributed by atoms with Crippen LogP contribution in [0.25, 0.3) is 11.1 Å². The van der Waals surface area contributed by atoms with Gasteiger partial charge in [0.1, 0.15) is 0 Å². The minimum Gasteiger partial charge on any atom is -0.366 e. The first-order chi connectivity index (χ1) is 13.3. The standard InChI is InChI=1S/C23H25N3O/c27-23(22-16-25-15-21(22)20-10-12-24-13-11-20)26-14-17-6-8-19(9-7-17)18-4-2-1-3-5-18/h1-5,10-13,15-17,19,25H,6-9,14H2,(H,26,27). The number of amides is 1. The normalized spacial score (nSPS) is 19.6. The Bertz CT molecular complexity index is 865. The van der Waals surface area contributed by atoms with Gasteiger partial charge >= 0.3 is 0 Å². The molecule has 2 aromatic heterocycles. The molecule has 4 rings (SSSR count). The molecular formula is C23H25N3O. The van der Waals surface area contributed by atoms with Crippen LogP contribution in [0.5, 0.6) is 0 Å². The van der Waals surface area contributed by atoms with E-state index in [0.717, 1.165) is 17.7 Å². The predicted octanol–water partition coefficient (Wildman–Crippen LogP) is 4.78. The fourth-order valence-electron chi connectivity index (χ4n) is 4.08. The zero-order valence-corrected chi connectivity index (χ0v) is 15.4. The highest BCUT2D eigenvalue weighted by atomic mass is 16.1. The van der Waals surface area contributed by atoms with E-state index >= 15 is 0 Å². The molecule has 1 aliphatic rings. The van der Waals surface area contributed by atoms with Gasteiger partial charge in [0.25, 0.3) is 5.91 Å². The molecule has 1 aromatic carbocycles. The summed E-state index contributed by atoms with van der Waals surface area (Å²) < 4.78 is 0. The van der Waals surface area contributed by atoms with Gasteiger partial charge in [-0.25, -0.2) is 0 Å². The van der Waals surface area contributed by atoms with Crippen LogP contribution in [0.3, 0.4) is 0 Å². The first kappa shape index (κ1) is 17.5. The summed E-state index contributed by atoms with van der Waals surface area (Å²) in [6.07, 6.45) is 11.9. The van der Waals surface area contributed by atoms with Gasteiger partial charge in [0, 0.05) is 36.9 Å². The van der Waals surface area contributed by atoms with Crippen LogP contribution in [0.2, 0.25) is 0 Å².